The van der Waals surface area contributed by atoms with Crippen LogP contribution in [0.1, 0.15) is 26.3 Å². The first-order valence-electron chi connectivity index (χ1n) is 10.5. The quantitative estimate of drug-likeness (QED) is 0.177. The summed E-state index contributed by atoms with van der Waals surface area (Å²) in [5, 5.41) is 0. The summed E-state index contributed by atoms with van der Waals surface area (Å²) in [5.74, 6) is 1.88. The van der Waals surface area contributed by atoms with Crippen molar-refractivity contribution in [2.24, 2.45) is 0 Å². The van der Waals surface area contributed by atoms with Crippen molar-refractivity contribution in [3.05, 3.63) is 77.4 Å². The van der Waals surface area contributed by atoms with Crippen LogP contribution in [0.5, 0.6) is 34.5 Å². The highest BCUT2D eigenvalue weighted by atomic mass is 16.5. The Bertz CT molecular complexity index is 1200. The standard InChI is InChI=1S/C27H26O8/c1-30-22-13-9-19(16-23(22)31-2)27(29)35-20-10-7-18(8-11-20)21(28)12-6-17-14-24(32-3)26(34-5)25(15-17)33-4/h6-16H,1-5H3/b12-6+. The highest BCUT2D eigenvalue weighted by Crippen LogP contribution is 2.38. The molecule has 0 saturated carbocycles. The van der Waals surface area contributed by atoms with Crippen LogP contribution < -0.4 is 28.4 Å². The Morgan fingerprint density at radius 1 is 0.629 bits per heavy atom. The summed E-state index contributed by atoms with van der Waals surface area (Å²) in [6, 6.07) is 14.5. The topological polar surface area (TPSA) is 89.5 Å². The van der Waals surface area contributed by atoms with E-state index < -0.39 is 5.97 Å². The molecule has 0 unspecified atom stereocenters. The second-order valence-electron chi connectivity index (χ2n) is 7.14. The first-order valence-corrected chi connectivity index (χ1v) is 10.5. The summed E-state index contributed by atoms with van der Waals surface area (Å²) in [5.41, 5.74) is 1.43. The fraction of sp³-hybridized carbons (Fsp3) is 0.185. The predicted molar refractivity (Wildman–Crippen MR) is 130 cm³/mol. The molecule has 8 nitrogen and oxygen atoms in total. The van der Waals surface area contributed by atoms with E-state index in [-0.39, 0.29) is 5.78 Å². The van der Waals surface area contributed by atoms with Crippen LogP contribution in [-0.2, 0) is 0 Å². The minimum Gasteiger partial charge on any atom is -0.493 e. The minimum absolute atomic E-state index is 0.225. The van der Waals surface area contributed by atoms with Crippen LogP contribution in [0.4, 0.5) is 0 Å². The molecule has 0 radical (unpaired) electrons. The average molecular weight is 478 g/mol. The highest BCUT2D eigenvalue weighted by molar-refractivity contribution is 6.07. The second-order valence-corrected chi connectivity index (χ2v) is 7.14. The van der Waals surface area contributed by atoms with Crippen molar-refractivity contribution in [2.45, 2.75) is 0 Å². The van der Waals surface area contributed by atoms with E-state index >= 15 is 0 Å². The molecule has 0 N–H and O–H groups in total. The lowest BCUT2D eigenvalue weighted by Crippen LogP contribution is -2.09. The van der Waals surface area contributed by atoms with Crippen LogP contribution in [0, 0.1) is 0 Å². The van der Waals surface area contributed by atoms with Gasteiger partial charge in [0.2, 0.25) is 5.75 Å². The van der Waals surface area contributed by atoms with E-state index in [0.717, 1.165) is 0 Å². The van der Waals surface area contributed by atoms with Gasteiger partial charge in [0.05, 0.1) is 41.1 Å². The van der Waals surface area contributed by atoms with Crippen molar-refractivity contribution in [2.75, 3.05) is 35.5 Å². The van der Waals surface area contributed by atoms with E-state index in [2.05, 4.69) is 0 Å². The molecule has 3 aromatic carbocycles. The van der Waals surface area contributed by atoms with Gasteiger partial charge in [-0.2, -0.15) is 0 Å². The number of benzene rings is 3. The summed E-state index contributed by atoms with van der Waals surface area (Å²) < 4.78 is 31.8. The summed E-state index contributed by atoms with van der Waals surface area (Å²) in [6.45, 7) is 0. The average Bonchev–Trinajstić information content (AvgIpc) is 2.90. The molecule has 0 heterocycles. The Kier molecular flexibility index (Phi) is 8.34. The fourth-order valence-electron chi connectivity index (χ4n) is 3.28. The van der Waals surface area contributed by atoms with Crippen molar-refractivity contribution < 1.29 is 38.0 Å². The Morgan fingerprint density at radius 2 is 1.20 bits per heavy atom. The Labute approximate surface area is 203 Å². The molecule has 0 aliphatic heterocycles. The molecule has 35 heavy (non-hydrogen) atoms. The van der Waals surface area contributed by atoms with E-state index in [0.29, 0.717) is 51.2 Å². The molecular formula is C27H26O8. The SMILES string of the molecule is COc1ccc(C(=O)Oc2ccc(C(=O)/C=C/c3cc(OC)c(OC)c(OC)c3)cc2)cc1OC. The highest BCUT2D eigenvalue weighted by Gasteiger charge is 2.14. The van der Waals surface area contributed by atoms with Crippen LogP contribution in [0.25, 0.3) is 6.08 Å². The molecule has 3 aromatic rings. The number of hydrogen-bond acceptors (Lipinski definition) is 8. The van der Waals surface area contributed by atoms with E-state index in [9.17, 15) is 9.59 Å². The minimum atomic E-state index is -0.563. The lowest BCUT2D eigenvalue weighted by Gasteiger charge is -2.12. The zero-order valence-electron chi connectivity index (χ0n) is 20.1. The van der Waals surface area contributed by atoms with Crippen LogP contribution in [0.2, 0.25) is 0 Å². The number of rotatable bonds is 10. The molecule has 0 spiro atoms. The number of hydrogen-bond donors (Lipinski definition) is 0. The second kappa shape index (κ2) is 11.6. The molecule has 0 amide bonds. The van der Waals surface area contributed by atoms with Crippen LogP contribution >= 0.6 is 0 Å². The number of ketones is 1. The van der Waals surface area contributed by atoms with Gasteiger partial charge in [0.15, 0.2) is 28.8 Å². The largest absolute Gasteiger partial charge is 0.493 e. The van der Waals surface area contributed by atoms with E-state index in [4.69, 9.17) is 28.4 Å². The molecule has 0 fully saturated rings. The van der Waals surface area contributed by atoms with Gasteiger partial charge in [-0.05, 0) is 66.2 Å². The number of methoxy groups -OCH3 is 5. The molecule has 0 aromatic heterocycles. The Hall–Kier alpha value is -4.46. The van der Waals surface area contributed by atoms with Crippen molar-refractivity contribution in [1.82, 2.24) is 0 Å². The number of carbonyl (C=O) groups is 2. The van der Waals surface area contributed by atoms with Gasteiger partial charge in [0.1, 0.15) is 5.75 Å². The smallest absolute Gasteiger partial charge is 0.343 e. The monoisotopic (exact) mass is 478 g/mol. The summed E-state index contributed by atoms with van der Waals surface area (Å²) in [6.07, 6.45) is 3.09. The van der Waals surface area contributed by atoms with Gasteiger partial charge in [-0.25, -0.2) is 4.79 Å². The normalized spacial score (nSPS) is 10.5. The molecule has 182 valence electrons. The molecular weight excluding hydrogens is 452 g/mol. The molecule has 0 aliphatic rings. The van der Waals surface area contributed by atoms with Crippen molar-refractivity contribution >= 4 is 17.8 Å². The predicted octanol–water partition coefficient (Wildman–Crippen LogP) is 4.84. The summed E-state index contributed by atoms with van der Waals surface area (Å²) in [7, 11) is 7.57. The van der Waals surface area contributed by atoms with Gasteiger partial charge in [-0.15, -0.1) is 0 Å². The first kappa shape index (κ1) is 25.2. The maximum Gasteiger partial charge on any atom is 0.343 e. The number of allylic oxidation sites excluding steroid dienone is 1. The third kappa shape index (κ3) is 5.92. The van der Waals surface area contributed by atoms with Gasteiger partial charge >= 0.3 is 5.97 Å². The van der Waals surface area contributed by atoms with Crippen LogP contribution in [0.3, 0.4) is 0 Å². The van der Waals surface area contributed by atoms with Gasteiger partial charge in [0, 0.05) is 5.56 Å². The van der Waals surface area contributed by atoms with Gasteiger partial charge in [-0.1, -0.05) is 6.08 Å². The number of carbonyl (C=O) groups excluding carboxylic acids is 2. The first-order chi connectivity index (χ1) is 16.9. The van der Waals surface area contributed by atoms with Crippen molar-refractivity contribution in [1.29, 1.82) is 0 Å². The third-order valence-corrected chi connectivity index (χ3v) is 5.08. The zero-order chi connectivity index (χ0) is 25.4. The van der Waals surface area contributed by atoms with Crippen LogP contribution in [-0.4, -0.2) is 47.3 Å². The number of esters is 1. The van der Waals surface area contributed by atoms with Gasteiger partial charge < -0.3 is 28.4 Å². The van der Waals surface area contributed by atoms with Crippen molar-refractivity contribution in [3.8, 4) is 34.5 Å². The van der Waals surface area contributed by atoms with E-state index in [1.54, 1.807) is 54.6 Å². The summed E-state index contributed by atoms with van der Waals surface area (Å²) >= 11 is 0. The van der Waals surface area contributed by atoms with Gasteiger partial charge in [-0.3, -0.25) is 4.79 Å². The Morgan fingerprint density at radius 3 is 1.74 bits per heavy atom. The maximum absolute atomic E-state index is 12.6. The Balaban J connectivity index is 1.70. The molecule has 0 atom stereocenters. The molecule has 0 aliphatic carbocycles. The molecule has 0 saturated heterocycles. The lowest BCUT2D eigenvalue weighted by atomic mass is 10.1. The molecule has 8 heteroatoms. The molecule has 3 rings (SSSR count). The maximum atomic E-state index is 12.6. The molecule has 0 bridgehead atoms. The van der Waals surface area contributed by atoms with Gasteiger partial charge in [0.25, 0.3) is 0 Å². The number of ether oxygens (including phenoxy) is 6. The lowest BCUT2D eigenvalue weighted by molar-refractivity contribution is 0.0734. The van der Waals surface area contributed by atoms with Crippen molar-refractivity contribution in [3.63, 3.8) is 0 Å². The fourth-order valence-corrected chi connectivity index (χ4v) is 3.28. The summed E-state index contributed by atoms with van der Waals surface area (Å²) in [4.78, 5) is 25.1. The van der Waals surface area contributed by atoms with E-state index in [1.165, 1.54) is 47.7 Å². The van der Waals surface area contributed by atoms with E-state index in [1.807, 2.05) is 0 Å². The third-order valence-electron chi connectivity index (χ3n) is 5.08. The van der Waals surface area contributed by atoms with Crippen LogP contribution in [0.15, 0.2) is 60.7 Å². The zero-order valence-corrected chi connectivity index (χ0v) is 20.1.